The lowest BCUT2D eigenvalue weighted by Gasteiger charge is -2.16. The van der Waals surface area contributed by atoms with Gasteiger partial charge >= 0.3 is 0 Å². The summed E-state index contributed by atoms with van der Waals surface area (Å²) in [6.07, 6.45) is 2.04. The molecule has 1 fully saturated rings. The third kappa shape index (κ3) is 3.98. The van der Waals surface area contributed by atoms with Gasteiger partial charge in [0.05, 0.1) is 29.3 Å². The molecule has 2 aromatic heterocycles. The van der Waals surface area contributed by atoms with Crippen molar-refractivity contribution in [3.05, 3.63) is 46.4 Å². The maximum atomic E-state index is 13.1. The first-order valence-electron chi connectivity index (χ1n) is 9.48. The van der Waals surface area contributed by atoms with E-state index in [0.29, 0.717) is 40.1 Å². The molecule has 1 aliphatic rings. The zero-order valence-corrected chi connectivity index (χ0v) is 17.2. The summed E-state index contributed by atoms with van der Waals surface area (Å²) < 4.78 is 13.2. The molecule has 0 amide bonds. The van der Waals surface area contributed by atoms with E-state index in [2.05, 4.69) is 10.2 Å². The zero-order valence-electron chi connectivity index (χ0n) is 16.3. The predicted molar refractivity (Wildman–Crippen MR) is 108 cm³/mol. The van der Waals surface area contributed by atoms with Crippen LogP contribution in [0.4, 0.5) is 0 Å². The first kappa shape index (κ1) is 19.1. The van der Waals surface area contributed by atoms with Gasteiger partial charge in [0.1, 0.15) is 0 Å². The quantitative estimate of drug-likeness (QED) is 0.478. The standard InChI is InChI=1S/C20H24N4O3S/c1-20(2,3)18-23-22-16(27-18)12-28-19-21-15-9-5-4-8-14(15)17(25)24(19)11-13-7-6-10-26-13/h4-5,8-9,13H,6-7,10-12H2,1-3H3. The van der Waals surface area contributed by atoms with Crippen LogP contribution >= 0.6 is 11.8 Å². The molecule has 0 saturated carbocycles. The molecule has 0 radical (unpaired) electrons. The number of hydrogen-bond donors (Lipinski definition) is 0. The van der Waals surface area contributed by atoms with Crippen molar-refractivity contribution in [3.8, 4) is 0 Å². The highest BCUT2D eigenvalue weighted by Gasteiger charge is 2.23. The van der Waals surface area contributed by atoms with Gasteiger partial charge in [-0.1, -0.05) is 44.7 Å². The van der Waals surface area contributed by atoms with Gasteiger partial charge < -0.3 is 9.15 Å². The second kappa shape index (κ2) is 7.67. The van der Waals surface area contributed by atoms with E-state index < -0.39 is 0 Å². The van der Waals surface area contributed by atoms with E-state index in [0.717, 1.165) is 19.4 Å². The molecule has 0 N–H and O–H groups in total. The molecule has 0 aliphatic carbocycles. The van der Waals surface area contributed by atoms with Crippen LogP contribution < -0.4 is 5.56 Å². The van der Waals surface area contributed by atoms with E-state index >= 15 is 0 Å². The Morgan fingerprint density at radius 1 is 1.25 bits per heavy atom. The van der Waals surface area contributed by atoms with Gasteiger partial charge in [0.2, 0.25) is 11.8 Å². The highest BCUT2D eigenvalue weighted by atomic mass is 32.2. The van der Waals surface area contributed by atoms with Gasteiger partial charge in [0, 0.05) is 12.0 Å². The summed E-state index contributed by atoms with van der Waals surface area (Å²) in [5, 5.41) is 9.54. The van der Waals surface area contributed by atoms with Crippen molar-refractivity contribution in [2.75, 3.05) is 6.61 Å². The molecule has 0 bridgehead atoms. The van der Waals surface area contributed by atoms with Crippen LogP contribution in [0, 0.1) is 0 Å². The Hall–Kier alpha value is -2.19. The largest absolute Gasteiger partial charge is 0.424 e. The number of ether oxygens (including phenoxy) is 1. The number of aromatic nitrogens is 4. The molecule has 7 nitrogen and oxygen atoms in total. The number of fused-ring (bicyclic) bond motifs is 1. The van der Waals surface area contributed by atoms with Crippen LogP contribution in [0.5, 0.6) is 0 Å². The van der Waals surface area contributed by atoms with Crippen molar-refractivity contribution < 1.29 is 9.15 Å². The molecule has 1 atom stereocenters. The van der Waals surface area contributed by atoms with Crippen LogP contribution in [-0.2, 0) is 22.4 Å². The average Bonchev–Trinajstić information content (AvgIpc) is 3.34. The summed E-state index contributed by atoms with van der Waals surface area (Å²) in [6.45, 7) is 7.35. The van der Waals surface area contributed by atoms with Gasteiger partial charge in [-0.2, -0.15) is 0 Å². The number of hydrogen-bond acceptors (Lipinski definition) is 7. The Morgan fingerprint density at radius 2 is 2.07 bits per heavy atom. The Balaban J connectivity index is 1.64. The Kier molecular flexibility index (Phi) is 5.25. The molecule has 1 unspecified atom stereocenters. The van der Waals surface area contributed by atoms with Crippen molar-refractivity contribution >= 4 is 22.7 Å². The number of para-hydroxylation sites is 1. The van der Waals surface area contributed by atoms with Gasteiger partial charge in [-0.05, 0) is 25.0 Å². The highest BCUT2D eigenvalue weighted by molar-refractivity contribution is 7.98. The van der Waals surface area contributed by atoms with Crippen LogP contribution in [0.3, 0.4) is 0 Å². The summed E-state index contributed by atoms with van der Waals surface area (Å²) in [7, 11) is 0. The summed E-state index contributed by atoms with van der Waals surface area (Å²) in [6, 6.07) is 7.43. The maximum Gasteiger partial charge on any atom is 0.262 e. The zero-order chi connectivity index (χ0) is 19.7. The highest BCUT2D eigenvalue weighted by Crippen LogP contribution is 2.26. The van der Waals surface area contributed by atoms with Gasteiger partial charge in [0.25, 0.3) is 5.56 Å². The first-order chi connectivity index (χ1) is 13.4. The minimum atomic E-state index is -0.195. The summed E-state index contributed by atoms with van der Waals surface area (Å²) >= 11 is 1.44. The van der Waals surface area contributed by atoms with Gasteiger partial charge in [-0.15, -0.1) is 10.2 Å². The SMILES string of the molecule is CC(C)(C)c1nnc(CSc2nc3ccccc3c(=O)n2CC2CCCO2)o1. The molecule has 1 aliphatic heterocycles. The lowest BCUT2D eigenvalue weighted by Crippen LogP contribution is -2.28. The van der Waals surface area contributed by atoms with Crippen molar-refractivity contribution in [1.82, 2.24) is 19.7 Å². The van der Waals surface area contributed by atoms with E-state index in [1.165, 1.54) is 11.8 Å². The van der Waals surface area contributed by atoms with E-state index in [-0.39, 0.29) is 17.1 Å². The number of rotatable bonds is 5. The molecule has 28 heavy (non-hydrogen) atoms. The third-order valence-corrected chi connectivity index (χ3v) is 5.63. The van der Waals surface area contributed by atoms with Crippen molar-refractivity contribution in [2.24, 2.45) is 0 Å². The van der Waals surface area contributed by atoms with Crippen LogP contribution in [0.15, 0.2) is 38.6 Å². The molecular weight excluding hydrogens is 376 g/mol. The van der Waals surface area contributed by atoms with Crippen molar-refractivity contribution in [1.29, 1.82) is 0 Å². The lowest BCUT2D eigenvalue weighted by atomic mass is 9.97. The van der Waals surface area contributed by atoms with E-state index in [9.17, 15) is 4.79 Å². The molecule has 8 heteroatoms. The maximum absolute atomic E-state index is 13.1. The average molecular weight is 401 g/mol. The number of benzene rings is 1. The topological polar surface area (TPSA) is 83.0 Å². The summed E-state index contributed by atoms with van der Waals surface area (Å²) in [5.41, 5.74) is 0.461. The fourth-order valence-corrected chi connectivity index (χ4v) is 4.00. The molecule has 1 saturated heterocycles. The summed E-state index contributed by atoms with van der Waals surface area (Å²) in [5.74, 6) is 1.59. The minimum absolute atomic E-state index is 0.0375. The third-order valence-electron chi connectivity index (χ3n) is 4.67. The van der Waals surface area contributed by atoms with Gasteiger partial charge in [-0.25, -0.2) is 4.98 Å². The normalized spacial score (nSPS) is 17.5. The van der Waals surface area contributed by atoms with Crippen LogP contribution in [-0.4, -0.2) is 32.5 Å². The fourth-order valence-electron chi connectivity index (χ4n) is 3.15. The molecule has 4 rings (SSSR count). The van der Waals surface area contributed by atoms with Gasteiger partial charge in [0.15, 0.2) is 5.16 Å². The summed E-state index contributed by atoms with van der Waals surface area (Å²) in [4.78, 5) is 17.8. The fraction of sp³-hybridized carbons (Fsp3) is 0.500. The molecule has 0 spiro atoms. The Morgan fingerprint density at radius 3 is 2.79 bits per heavy atom. The van der Waals surface area contributed by atoms with Crippen LogP contribution in [0.1, 0.15) is 45.4 Å². The molecule has 1 aromatic carbocycles. The van der Waals surface area contributed by atoms with Crippen LogP contribution in [0.2, 0.25) is 0 Å². The van der Waals surface area contributed by atoms with E-state index in [1.54, 1.807) is 4.57 Å². The number of nitrogens with zero attached hydrogens (tertiary/aromatic N) is 4. The molecule has 3 heterocycles. The molecule has 148 valence electrons. The Labute approximate surface area is 167 Å². The van der Waals surface area contributed by atoms with Crippen molar-refractivity contribution in [2.45, 2.75) is 62.6 Å². The Bertz CT molecular complexity index is 1030. The smallest absolute Gasteiger partial charge is 0.262 e. The van der Waals surface area contributed by atoms with Gasteiger partial charge in [-0.3, -0.25) is 9.36 Å². The van der Waals surface area contributed by atoms with E-state index in [4.69, 9.17) is 14.1 Å². The second-order valence-electron chi connectivity index (χ2n) is 8.00. The lowest BCUT2D eigenvalue weighted by molar-refractivity contribution is 0.0937. The predicted octanol–water partition coefficient (Wildman–Crippen LogP) is 3.55. The molecular formula is C20H24N4O3S. The minimum Gasteiger partial charge on any atom is -0.424 e. The van der Waals surface area contributed by atoms with Crippen LogP contribution in [0.25, 0.3) is 10.9 Å². The van der Waals surface area contributed by atoms with E-state index in [1.807, 2.05) is 45.0 Å². The first-order valence-corrected chi connectivity index (χ1v) is 10.5. The second-order valence-corrected chi connectivity index (χ2v) is 8.94. The monoisotopic (exact) mass is 400 g/mol. The molecule has 3 aromatic rings. The number of thioether (sulfide) groups is 1. The van der Waals surface area contributed by atoms with Crippen molar-refractivity contribution in [3.63, 3.8) is 0 Å².